The molecule has 166 valence electrons. The molecule has 1 aromatic heterocycles. The van der Waals surface area contributed by atoms with Crippen molar-refractivity contribution in [3.05, 3.63) is 46.1 Å². The highest BCUT2D eigenvalue weighted by Gasteiger charge is 2.21. The summed E-state index contributed by atoms with van der Waals surface area (Å²) >= 11 is 3.42. The quantitative estimate of drug-likeness (QED) is 0.446. The second kappa shape index (κ2) is 11.1. The van der Waals surface area contributed by atoms with E-state index in [1.54, 1.807) is 32.5 Å². The Morgan fingerprint density at radius 2 is 1.90 bits per heavy atom. The highest BCUT2D eigenvalue weighted by Crippen LogP contribution is 2.35. The van der Waals surface area contributed by atoms with Crippen molar-refractivity contribution in [1.82, 2.24) is 10.4 Å². The monoisotopic (exact) mass is 492 g/mol. The molecule has 1 fully saturated rings. The molecule has 1 amide bonds. The van der Waals surface area contributed by atoms with Crippen LogP contribution in [0.25, 0.3) is 0 Å². The van der Waals surface area contributed by atoms with Crippen molar-refractivity contribution >= 4 is 33.9 Å². The van der Waals surface area contributed by atoms with Crippen LogP contribution in [0.2, 0.25) is 0 Å². The van der Waals surface area contributed by atoms with Crippen molar-refractivity contribution in [2.45, 2.75) is 6.10 Å². The number of carbonyl (C=O) groups is 1. The van der Waals surface area contributed by atoms with E-state index in [1.807, 2.05) is 12.1 Å². The van der Waals surface area contributed by atoms with E-state index >= 15 is 0 Å². The minimum Gasteiger partial charge on any atom is -0.495 e. The fourth-order valence-corrected chi connectivity index (χ4v) is 3.67. The smallest absolute Gasteiger partial charge is 0.273 e. The summed E-state index contributed by atoms with van der Waals surface area (Å²) in [7, 11) is 4.59. The lowest BCUT2D eigenvalue weighted by Crippen LogP contribution is -2.36. The van der Waals surface area contributed by atoms with Crippen LogP contribution < -0.4 is 19.8 Å². The van der Waals surface area contributed by atoms with Gasteiger partial charge in [-0.05, 0) is 34.1 Å². The molecule has 1 unspecified atom stereocenters. The Bertz CT molecular complexity index is 891. The summed E-state index contributed by atoms with van der Waals surface area (Å²) in [4.78, 5) is 19.2. The maximum absolute atomic E-state index is 12.6. The van der Waals surface area contributed by atoms with E-state index in [1.165, 1.54) is 13.3 Å². The van der Waals surface area contributed by atoms with Gasteiger partial charge in [-0.1, -0.05) is 6.07 Å². The van der Waals surface area contributed by atoms with E-state index in [9.17, 15) is 4.79 Å². The van der Waals surface area contributed by atoms with E-state index in [2.05, 4.69) is 36.3 Å². The number of hydrazone groups is 1. The number of benzene rings is 1. The van der Waals surface area contributed by atoms with Crippen molar-refractivity contribution in [1.29, 1.82) is 0 Å². The van der Waals surface area contributed by atoms with Crippen LogP contribution in [0, 0.1) is 0 Å². The highest BCUT2D eigenvalue weighted by molar-refractivity contribution is 9.10. The molecule has 1 aliphatic heterocycles. The van der Waals surface area contributed by atoms with Gasteiger partial charge >= 0.3 is 0 Å². The van der Waals surface area contributed by atoms with Crippen LogP contribution in [0.15, 0.2) is 40.0 Å². The van der Waals surface area contributed by atoms with Crippen LogP contribution in [-0.4, -0.2) is 64.7 Å². The zero-order chi connectivity index (χ0) is 22.2. The van der Waals surface area contributed by atoms with Gasteiger partial charge in [0.15, 0.2) is 6.10 Å². The number of anilines is 1. The average Bonchev–Trinajstić information content (AvgIpc) is 2.81. The van der Waals surface area contributed by atoms with Gasteiger partial charge in [-0.15, -0.1) is 0 Å². The molecule has 9 nitrogen and oxygen atoms in total. The average molecular weight is 493 g/mol. The molecule has 0 radical (unpaired) electrons. The van der Waals surface area contributed by atoms with Crippen molar-refractivity contribution in [2.75, 3.05) is 52.5 Å². The van der Waals surface area contributed by atoms with Crippen molar-refractivity contribution < 1.29 is 23.7 Å². The molecular weight excluding hydrogens is 468 g/mol. The predicted octanol–water partition coefficient (Wildman–Crippen LogP) is 2.54. The number of amides is 1. The number of nitrogens with zero attached hydrogens (tertiary/aromatic N) is 3. The number of nitrogens with one attached hydrogen (secondary N) is 1. The Morgan fingerprint density at radius 1 is 1.23 bits per heavy atom. The third-order valence-electron chi connectivity index (χ3n) is 4.74. The van der Waals surface area contributed by atoms with Crippen molar-refractivity contribution in [2.24, 2.45) is 5.10 Å². The van der Waals surface area contributed by atoms with Gasteiger partial charge in [-0.25, -0.2) is 10.4 Å². The summed E-state index contributed by atoms with van der Waals surface area (Å²) < 4.78 is 22.0. The molecule has 1 aromatic carbocycles. The van der Waals surface area contributed by atoms with E-state index in [0.29, 0.717) is 40.3 Å². The number of ether oxygens (including phenoxy) is 4. The lowest BCUT2D eigenvalue weighted by Gasteiger charge is -2.28. The van der Waals surface area contributed by atoms with E-state index < -0.39 is 12.0 Å². The number of aromatic nitrogens is 1. The van der Waals surface area contributed by atoms with Gasteiger partial charge in [0, 0.05) is 37.5 Å². The van der Waals surface area contributed by atoms with Crippen molar-refractivity contribution in [3.8, 4) is 11.5 Å². The molecule has 3 rings (SSSR count). The summed E-state index contributed by atoms with van der Waals surface area (Å²) in [5.74, 6) is 1.62. The molecule has 1 N–H and O–H groups in total. The molecule has 0 aliphatic carbocycles. The number of morpholine rings is 1. The largest absolute Gasteiger partial charge is 0.495 e. The summed E-state index contributed by atoms with van der Waals surface area (Å²) in [6.45, 7) is 2.95. The maximum atomic E-state index is 12.6. The maximum Gasteiger partial charge on any atom is 0.273 e. The predicted molar refractivity (Wildman–Crippen MR) is 120 cm³/mol. The fraction of sp³-hybridized carbons (Fsp3) is 0.381. The van der Waals surface area contributed by atoms with Crippen LogP contribution in [0.3, 0.4) is 0 Å². The summed E-state index contributed by atoms with van der Waals surface area (Å²) in [6, 6.07) is 7.25. The van der Waals surface area contributed by atoms with Crippen molar-refractivity contribution in [3.63, 3.8) is 0 Å². The lowest BCUT2D eigenvalue weighted by atomic mass is 10.1. The zero-order valence-corrected chi connectivity index (χ0v) is 19.2. The van der Waals surface area contributed by atoms with Gasteiger partial charge in [0.1, 0.15) is 21.8 Å². The third-order valence-corrected chi connectivity index (χ3v) is 5.52. The molecule has 2 aromatic rings. The summed E-state index contributed by atoms with van der Waals surface area (Å²) in [5, 5.41) is 4.03. The van der Waals surface area contributed by atoms with E-state index in [-0.39, 0.29) is 0 Å². The zero-order valence-electron chi connectivity index (χ0n) is 17.6. The SMILES string of the molecule is COc1cc(/C=N/NC(=O)C(OC)c2ccc(N3CCOCC3)nc2)cc(OC)c1Br. The summed E-state index contributed by atoms with van der Waals surface area (Å²) in [5.41, 5.74) is 3.84. The lowest BCUT2D eigenvalue weighted by molar-refractivity contribution is -0.131. The molecule has 31 heavy (non-hydrogen) atoms. The topological polar surface area (TPSA) is 94.5 Å². The molecule has 0 bridgehead atoms. The van der Waals surface area contributed by atoms with Gasteiger partial charge in [0.2, 0.25) is 0 Å². The molecule has 1 atom stereocenters. The Hall–Kier alpha value is -2.69. The van der Waals surface area contributed by atoms with Gasteiger partial charge in [-0.2, -0.15) is 5.10 Å². The van der Waals surface area contributed by atoms with Gasteiger partial charge in [0.05, 0.1) is 33.6 Å². The van der Waals surface area contributed by atoms with Gasteiger partial charge < -0.3 is 23.8 Å². The number of hydrogen-bond donors (Lipinski definition) is 1. The number of hydrogen-bond acceptors (Lipinski definition) is 8. The minimum absolute atomic E-state index is 0.407. The number of methoxy groups -OCH3 is 3. The second-order valence-electron chi connectivity index (χ2n) is 6.64. The molecule has 1 aliphatic rings. The molecule has 0 saturated carbocycles. The molecule has 0 spiro atoms. The van der Waals surface area contributed by atoms with Crippen LogP contribution in [-0.2, 0) is 14.3 Å². The first-order chi connectivity index (χ1) is 15.1. The summed E-state index contributed by atoms with van der Waals surface area (Å²) in [6.07, 6.45) is 2.31. The first-order valence-electron chi connectivity index (χ1n) is 9.63. The van der Waals surface area contributed by atoms with Crippen LogP contribution in [0.1, 0.15) is 17.2 Å². The normalized spacial score (nSPS) is 15.0. The molecule has 2 heterocycles. The number of carbonyl (C=O) groups excluding carboxylic acids is 1. The second-order valence-corrected chi connectivity index (χ2v) is 7.43. The molecular formula is C21H25BrN4O5. The number of rotatable bonds is 8. The molecule has 1 saturated heterocycles. The van der Waals surface area contributed by atoms with Crippen LogP contribution >= 0.6 is 15.9 Å². The molecule has 10 heteroatoms. The third kappa shape index (κ3) is 5.72. The minimum atomic E-state index is -0.836. The van der Waals surface area contributed by atoms with Gasteiger partial charge in [0.25, 0.3) is 5.91 Å². The number of pyridine rings is 1. The first kappa shape index (κ1) is 23.0. The first-order valence-corrected chi connectivity index (χ1v) is 10.4. The standard InChI is InChI=1S/C21H25BrN4O5/c1-28-16-10-14(11-17(29-2)19(16)22)12-24-25-21(27)20(30-3)15-4-5-18(23-13-15)26-6-8-31-9-7-26/h4-5,10-13,20H,6-9H2,1-3H3,(H,25,27)/b24-12+. The Kier molecular flexibility index (Phi) is 8.21. The Labute approximate surface area is 189 Å². The van der Waals surface area contributed by atoms with Crippen LogP contribution in [0.4, 0.5) is 5.82 Å². The van der Waals surface area contributed by atoms with E-state index in [4.69, 9.17) is 18.9 Å². The van der Waals surface area contributed by atoms with E-state index in [0.717, 1.165) is 18.9 Å². The fourth-order valence-electron chi connectivity index (χ4n) is 3.12. The highest BCUT2D eigenvalue weighted by atomic mass is 79.9. The van der Waals surface area contributed by atoms with Crippen LogP contribution in [0.5, 0.6) is 11.5 Å². The van der Waals surface area contributed by atoms with Gasteiger partial charge in [-0.3, -0.25) is 4.79 Å². The Morgan fingerprint density at radius 3 is 2.45 bits per heavy atom. The number of halogens is 1. The Balaban J connectivity index is 1.66.